The highest BCUT2D eigenvalue weighted by Gasteiger charge is 2.21. The van der Waals surface area contributed by atoms with Gasteiger partial charge >= 0.3 is 18.0 Å². The fraction of sp³-hybridized carbons (Fsp3) is 0.0500. The van der Waals surface area contributed by atoms with Crippen molar-refractivity contribution in [1.82, 2.24) is 4.98 Å². The van der Waals surface area contributed by atoms with Gasteiger partial charge in [0.25, 0.3) is 0 Å². The average molecular weight is 449 g/mol. The van der Waals surface area contributed by atoms with Crippen molar-refractivity contribution in [3.8, 4) is 0 Å². The van der Waals surface area contributed by atoms with Crippen molar-refractivity contribution >= 4 is 69.5 Å². The molecule has 3 aromatic rings. The number of aliphatic carboxylic acids is 1. The molecule has 0 radical (unpaired) electrons. The Kier molecular flexibility index (Phi) is 6.00. The lowest BCUT2D eigenvalue weighted by Crippen LogP contribution is -2.11. The predicted molar refractivity (Wildman–Crippen MR) is 113 cm³/mol. The number of amides is 1. The molecule has 0 bridgehead atoms. The van der Waals surface area contributed by atoms with E-state index in [9.17, 15) is 24.6 Å². The van der Waals surface area contributed by atoms with E-state index < -0.39 is 18.0 Å². The molecule has 154 valence electrons. The zero-order valence-electron chi connectivity index (χ0n) is 15.3. The van der Waals surface area contributed by atoms with Crippen LogP contribution in [0.1, 0.15) is 21.6 Å². The molecule has 1 heterocycles. The number of aromatic nitrogens is 1. The van der Waals surface area contributed by atoms with E-state index in [2.05, 4.69) is 15.0 Å². The summed E-state index contributed by atoms with van der Waals surface area (Å²) in [5.41, 5.74) is 0.514. The number of carbonyl (C=O) groups excluding carboxylic acids is 1. The first-order valence-corrected chi connectivity index (χ1v) is 9.11. The zero-order valence-corrected chi connectivity index (χ0v) is 16.8. The number of anilines is 1. The highest BCUT2D eigenvalue weighted by Crippen LogP contribution is 2.35. The molecule has 0 saturated heterocycles. The van der Waals surface area contributed by atoms with Gasteiger partial charge in [0.2, 0.25) is 0 Å². The van der Waals surface area contributed by atoms with Gasteiger partial charge in [0.05, 0.1) is 17.7 Å². The van der Waals surface area contributed by atoms with Crippen molar-refractivity contribution in [2.45, 2.75) is 0 Å². The van der Waals surface area contributed by atoms with Crippen LogP contribution in [0.15, 0.2) is 36.4 Å². The van der Waals surface area contributed by atoms with Crippen LogP contribution in [0.25, 0.3) is 22.6 Å². The SMILES string of the molecule is COC(=O)Nc1cccc(/C(=C\c2c(C(=O)O)[nH]c3cc(Cl)cc(Cl)c23)C(=O)O)c1. The molecule has 1 aromatic heterocycles. The predicted octanol–water partition coefficient (Wildman–Crippen LogP) is 4.98. The molecule has 3 rings (SSSR count). The van der Waals surface area contributed by atoms with E-state index in [1.165, 1.54) is 43.5 Å². The summed E-state index contributed by atoms with van der Waals surface area (Å²) >= 11 is 12.2. The van der Waals surface area contributed by atoms with Crippen LogP contribution in [-0.2, 0) is 9.53 Å². The molecule has 0 fully saturated rings. The molecule has 10 heteroatoms. The number of rotatable bonds is 5. The zero-order chi connectivity index (χ0) is 22.0. The van der Waals surface area contributed by atoms with Crippen LogP contribution >= 0.6 is 23.2 Å². The molecule has 30 heavy (non-hydrogen) atoms. The lowest BCUT2D eigenvalue weighted by atomic mass is 10.0. The molecule has 0 unspecified atom stereocenters. The smallest absolute Gasteiger partial charge is 0.411 e. The number of carboxylic acid groups (broad SMARTS) is 2. The van der Waals surface area contributed by atoms with Crippen LogP contribution in [0, 0.1) is 0 Å². The summed E-state index contributed by atoms with van der Waals surface area (Å²) in [7, 11) is 1.20. The Morgan fingerprint density at radius 3 is 2.50 bits per heavy atom. The number of hydrogen-bond donors (Lipinski definition) is 4. The number of carbonyl (C=O) groups is 3. The lowest BCUT2D eigenvalue weighted by Gasteiger charge is -2.08. The molecule has 2 aromatic carbocycles. The number of methoxy groups -OCH3 is 1. The van der Waals surface area contributed by atoms with Gasteiger partial charge < -0.3 is 19.9 Å². The van der Waals surface area contributed by atoms with E-state index in [1.807, 2.05) is 0 Å². The molecule has 4 N–H and O–H groups in total. The van der Waals surface area contributed by atoms with E-state index in [0.717, 1.165) is 0 Å². The number of carboxylic acids is 2. The largest absolute Gasteiger partial charge is 0.478 e. The molecule has 0 aliphatic heterocycles. The van der Waals surface area contributed by atoms with E-state index in [0.29, 0.717) is 21.6 Å². The lowest BCUT2D eigenvalue weighted by molar-refractivity contribution is -0.130. The molecule has 8 nitrogen and oxygen atoms in total. The summed E-state index contributed by atoms with van der Waals surface area (Å²) in [6, 6.07) is 8.95. The minimum absolute atomic E-state index is 0.0860. The third kappa shape index (κ3) is 4.24. The third-order valence-electron chi connectivity index (χ3n) is 4.19. The maximum absolute atomic E-state index is 12.0. The average Bonchev–Trinajstić information content (AvgIpc) is 3.04. The van der Waals surface area contributed by atoms with Gasteiger partial charge in [-0.1, -0.05) is 35.3 Å². The number of H-pyrrole nitrogens is 1. The van der Waals surface area contributed by atoms with Gasteiger partial charge in [-0.15, -0.1) is 0 Å². The van der Waals surface area contributed by atoms with Gasteiger partial charge in [-0.3, -0.25) is 5.32 Å². The van der Waals surface area contributed by atoms with Gasteiger partial charge in [0.1, 0.15) is 5.69 Å². The minimum Gasteiger partial charge on any atom is -0.478 e. The number of fused-ring (bicyclic) bond motifs is 1. The van der Waals surface area contributed by atoms with Crippen molar-refractivity contribution in [2.24, 2.45) is 0 Å². The van der Waals surface area contributed by atoms with Gasteiger partial charge in [0, 0.05) is 27.2 Å². The molecule has 0 aliphatic rings. The minimum atomic E-state index is -1.30. The number of aromatic amines is 1. The van der Waals surface area contributed by atoms with Crippen molar-refractivity contribution in [3.63, 3.8) is 0 Å². The highest BCUT2D eigenvalue weighted by atomic mass is 35.5. The molecular formula is C20H14Cl2N2O6. The Hall–Kier alpha value is -3.49. The molecule has 0 spiro atoms. The number of halogens is 2. The molecule has 0 atom stereocenters. The van der Waals surface area contributed by atoms with E-state index in [4.69, 9.17) is 23.2 Å². The van der Waals surface area contributed by atoms with Gasteiger partial charge in [0.15, 0.2) is 0 Å². The topological polar surface area (TPSA) is 129 Å². The maximum Gasteiger partial charge on any atom is 0.411 e. The van der Waals surface area contributed by atoms with Crippen molar-refractivity contribution < 1.29 is 29.3 Å². The Morgan fingerprint density at radius 2 is 1.87 bits per heavy atom. The summed E-state index contributed by atoms with van der Waals surface area (Å²) in [5, 5.41) is 22.6. The number of benzene rings is 2. The van der Waals surface area contributed by atoms with E-state index >= 15 is 0 Å². The second-order valence-electron chi connectivity index (χ2n) is 6.09. The second kappa shape index (κ2) is 8.48. The van der Waals surface area contributed by atoms with Crippen LogP contribution in [0.5, 0.6) is 0 Å². The summed E-state index contributed by atoms with van der Waals surface area (Å²) in [5.74, 6) is -2.60. The second-order valence-corrected chi connectivity index (χ2v) is 6.93. The Labute approximate surface area is 179 Å². The van der Waals surface area contributed by atoms with Crippen molar-refractivity contribution in [3.05, 3.63) is 63.3 Å². The van der Waals surface area contributed by atoms with Gasteiger partial charge in [-0.25, -0.2) is 14.4 Å². The quantitative estimate of drug-likeness (QED) is 0.407. The first-order chi connectivity index (χ1) is 14.2. The Balaban J connectivity index is 2.22. The van der Waals surface area contributed by atoms with Crippen LogP contribution in [0.3, 0.4) is 0 Å². The Morgan fingerprint density at radius 1 is 1.13 bits per heavy atom. The molecule has 1 amide bonds. The number of ether oxygens (including phenoxy) is 1. The van der Waals surface area contributed by atoms with Gasteiger partial charge in [-0.2, -0.15) is 0 Å². The fourth-order valence-corrected chi connectivity index (χ4v) is 3.53. The highest BCUT2D eigenvalue weighted by molar-refractivity contribution is 6.39. The van der Waals surface area contributed by atoms with E-state index in [1.54, 1.807) is 6.07 Å². The summed E-state index contributed by atoms with van der Waals surface area (Å²) in [6.07, 6.45) is 0.489. The van der Waals surface area contributed by atoms with Crippen LogP contribution in [0.2, 0.25) is 10.0 Å². The summed E-state index contributed by atoms with van der Waals surface area (Å²) < 4.78 is 4.52. The number of nitrogens with one attached hydrogen (secondary N) is 2. The fourth-order valence-electron chi connectivity index (χ4n) is 2.93. The number of hydrogen-bond acceptors (Lipinski definition) is 4. The number of aromatic carboxylic acids is 1. The first kappa shape index (κ1) is 21.2. The van der Waals surface area contributed by atoms with Crippen LogP contribution < -0.4 is 5.32 Å². The third-order valence-corrected chi connectivity index (χ3v) is 4.71. The molecular weight excluding hydrogens is 435 g/mol. The van der Waals surface area contributed by atoms with E-state index in [-0.39, 0.29) is 27.4 Å². The maximum atomic E-state index is 12.0. The van der Waals surface area contributed by atoms with Crippen LogP contribution in [-0.4, -0.2) is 40.3 Å². The normalized spacial score (nSPS) is 11.4. The molecule has 0 saturated carbocycles. The van der Waals surface area contributed by atoms with Crippen molar-refractivity contribution in [2.75, 3.05) is 12.4 Å². The van der Waals surface area contributed by atoms with Crippen LogP contribution in [0.4, 0.5) is 10.5 Å². The standard InChI is InChI=1S/C20H14Cl2N2O6/c1-30-20(29)23-11-4-2-3-9(5-11)12(18(25)26)8-13-16-14(22)6-10(21)7-15(16)24-17(13)19(27)28/h2-8,24H,1H3,(H,23,29)(H,25,26)(H,27,28)/b12-8+. The van der Waals surface area contributed by atoms with Gasteiger partial charge in [-0.05, 0) is 35.9 Å². The summed E-state index contributed by atoms with van der Waals surface area (Å²) in [6.45, 7) is 0. The Bertz CT molecular complexity index is 1220. The monoisotopic (exact) mass is 448 g/mol. The first-order valence-electron chi connectivity index (χ1n) is 8.35. The summed E-state index contributed by atoms with van der Waals surface area (Å²) in [4.78, 5) is 37.8. The molecule has 0 aliphatic carbocycles. The van der Waals surface area contributed by atoms with Crippen molar-refractivity contribution in [1.29, 1.82) is 0 Å².